The van der Waals surface area contributed by atoms with Gasteiger partial charge >= 0.3 is 5.97 Å². The second kappa shape index (κ2) is 8.17. The molecule has 1 N–H and O–H groups in total. The molecule has 2 aromatic rings. The predicted octanol–water partition coefficient (Wildman–Crippen LogP) is 4.38. The number of anilines is 1. The molecule has 25 heavy (non-hydrogen) atoms. The lowest BCUT2D eigenvalue weighted by atomic mass is 10.0. The second-order valence-electron chi connectivity index (χ2n) is 6.20. The van der Waals surface area contributed by atoms with E-state index in [-0.39, 0.29) is 12.3 Å². The van der Waals surface area contributed by atoms with Gasteiger partial charge in [0.15, 0.2) is 6.10 Å². The van der Waals surface area contributed by atoms with Crippen LogP contribution in [0, 0.1) is 20.8 Å². The zero-order valence-corrected chi connectivity index (χ0v) is 15.6. The van der Waals surface area contributed by atoms with Gasteiger partial charge in [0.05, 0.1) is 6.42 Å². The summed E-state index contributed by atoms with van der Waals surface area (Å²) in [4.78, 5) is 24.3. The molecule has 1 atom stereocenters. The van der Waals surface area contributed by atoms with Gasteiger partial charge in [-0.25, -0.2) is 0 Å². The van der Waals surface area contributed by atoms with Gasteiger partial charge in [-0.3, -0.25) is 9.59 Å². The van der Waals surface area contributed by atoms with Crippen LogP contribution >= 0.6 is 11.6 Å². The molecular weight excluding hydrogens is 338 g/mol. The highest BCUT2D eigenvalue weighted by Gasteiger charge is 2.19. The number of halogens is 1. The van der Waals surface area contributed by atoms with Gasteiger partial charge in [-0.15, -0.1) is 0 Å². The molecule has 0 spiro atoms. The van der Waals surface area contributed by atoms with E-state index in [1.165, 1.54) is 0 Å². The molecule has 2 aromatic carbocycles. The van der Waals surface area contributed by atoms with Crippen LogP contribution in [0.1, 0.15) is 29.2 Å². The van der Waals surface area contributed by atoms with Crippen molar-refractivity contribution in [3.8, 4) is 0 Å². The maximum absolute atomic E-state index is 12.3. The van der Waals surface area contributed by atoms with E-state index in [1.54, 1.807) is 31.2 Å². The Balaban J connectivity index is 1.96. The number of aryl methyl sites for hydroxylation is 3. The van der Waals surface area contributed by atoms with Crippen molar-refractivity contribution < 1.29 is 14.3 Å². The molecule has 1 amide bonds. The Bertz CT molecular complexity index is 761. The maximum Gasteiger partial charge on any atom is 0.311 e. The Morgan fingerprint density at radius 1 is 1.08 bits per heavy atom. The van der Waals surface area contributed by atoms with E-state index in [4.69, 9.17) is 16.3 Å². The minimum absolute atomic E-state index is 0.0946. The summed E-state index contributed by atoms with van der Waals surface area (Å²) in [5, 5.41) is 3.45. The van der Waals surface area contributed by atoms with Gasteiger partial charge in [-0.2, -0.15) is 0 Å². The summed E-state index contributed by atoms with van der Waals surface area (Å²) in [6.45, 7) is 7.44. The summed E-state index contributed by atoms with van der Waals surface area (Å²) in [6, 6.07) is 10.9. The van der Waals surface area contributed by atoms with Gasteiger partial charge in [0, 0.05) is 10.7 Å². The number of ether oxygens (including phenoxy) is 1. The number of rotatable bonds is 5. The van der Waals surface area contributed by atoms with E-state index in [0.717, 1.165) is 27.9 Å². The fourth-order valence-electron chi connectivity index (χ4n) is 2.66. The number of carbonyl (C=O) groups excluding carboxylic acids is 2. The molecule has 0 bridgehead atoms. The van der Waals surface area contributed by atoms with Gasteiger partial charge in [0.1, 0.15) is 0 Å². The van der Waals surface area contributed by atoms with E-state index < -0.39 is 12.1 Å². The quantitative estimate of drug-likeness (QED) is 0.806. The molecule has 0 saturated heterocycles. The third-order valence-corrected chi connectivity index (χ3v) is 4.12. The number of nitrogens with one attached hydrogen (secondary N) is 1. The Hall–Kier alpha value is -2.33. The molecule has 0 heterocycles. The molecule has 0 aromatic heterocycles. The number of amides is 1. The Morgan fingerprint density at radius 3 is 2.20 bits per heavy atom. The first-order valence-electron chi connectivity index (χ1n) is 8.09. The molecule has 132 valence electrons. The summed E-state index contributed by atoms with van der Waals surface area (Å²) < 4.78 is 5.24. The number of carbonyl (C=O) groups is 2. The van der Waals surface area contributed by atoms with Crippen molar-refractivity contribution in [1.29, 1.82) is 0 Å². The van der Waals surface area contributed by atoms with Crippen LogP contribution in [0.3, 0.4) is 0 Å². The van der Waals surface area contributed by atoms with Crippen molar-refractivity contribution in [1.82, 2.24) is 0 Å². The van der Waals surface area contributed by atoms with Gasteiger partial charge < -0.3 is 10.1 Å². The Labute approximate surface area is 153 Å². The van der Waals surface area contributed by atoms with E-state index in [0.29, 0.717) is 5.02 Å². The van der Waals surface area contributed by atoms with Crippen molar-refractivity contribution in [2.45, 2.75) is 40.2 Å². The monoisotopic (exact) mass is 359 g/mol. The van der Waals surface area contributed by atoms with Crippen LogP contribution < -0.4 is 5.32 Å². The predicted molar refractivity (Wildman–Crippen MR) is 100.0 cm³/mol. The molecule has 0 aliphatic heterocycles. The van der Waals surface area contributed by atoms with Gasteiger partial charge in [-0.05, 0) is 56.5 Å². The van der Waals surface area contributed by atoms with Crippen molar-refractivity contribution in [2.24, 2.45) is 0 Å². The average molecular weight is 360 g/mol. The molecule has 5 heteroatoms. The summed E-state index contributed by atoms with van der Waals surface area (Å²) in [5.41, 5.74) is 4.63. The largest absolute Gasteiger partial charge is 0.452 e. The normalized spacial score (nSPS) is 11.7. The molecule has 0 aliphatic rings. The molecule has 0 aliphatic carbocycles. The van der Waals surface area contributed by atoms with Crippen molar-refractivity contribution >= 4 is 29.2 Å². The highest BCUT2D eigenvalue weighted by molar-refractivity contribution is 6.30. The summed E-state index contributed by atoms with van der Waals surface area (Å²) >= 11 is 5.82. The molecular formula is C20H22ClNO3. The minimum Gasteiger partial charge on any atom is -0.452 e. The van der Waals surface area contributed by atoms with Crippen LogP contribution in [-0.4, -0.2) is 18.0 Å². The van der Waals surface area contributed by atoms with Crippen LogP contribution in [0.25, 0.3) is 0 Å². The molecule has 4 nitrogen and oxygen atoms in total. The summed E-state index contributed by atoms with van der Waals surface area (Å²) in [5.74, 6) is -0.804. The summed E-state index contributed by atoms with van der Waals surface area (Å²) in [7, 11) is 0. The Kier molecular flexibility index (Phi) is 6.21. The molecule has 0 saturated carbocycles. The van der Waals surface area contributed by atoms with E-state index in [9.17, 15) is 9.59 Å². The highest BCUT2D eigenvalue weighted by atomic mass is 35.5. The molecule has 0 unspecified atom stereocenters. The number of esters is 1. The maximum atomic E-state index is 12.3. The zero-order chi connectivity index (χ0) is 18.6. The molecule has 0 radical (unpaired) electrons. The average Bonchev–Trinajstić information content (AvgIpc) is 2.52. The first-order valence-corrected chi connectivity index (χ1v) is 8.46. The minimum atomic E-state index is -0.875. The zero-order valence-electron chi connectivity index (χ0n) is 14.9. The van der Waals surface area contributed by atoms with Crippen LogP contribution in [0.5, 0.6) is 0 Å². The van der Waals surface area contributed by atoms with Crippen molar-refractivity contribution in [2.75, 3.05) is 5.32 Å². The van der Waals surface area contributed by atoms with E-state index >= 15 is 0 Å². The second-order valence-corrected chi connectivity index (χ2v) is 6.63. The molecule has 2 rings (SSSR count). The fraction of sp³-hybridized carbons (Fsp3) is 0.300. The SMILES string of the molecule is Cc1cc(C)c(NC(=O)[C@H](C)OC(=O)Cc2ccc(Cl)cc2)c(C)c1. The van der Waals surface area contributed by atoms with Gasteiger partial charge in [0.2, 0.25) is 0 Å². The van der Waals surface area contributed by atoms with Crippen molar-refractivity contribution in [3.05, 3.63) is 63.7 Å². The van der Waals surface area contributed by atoms with Crippen LogP contribution in [0.4, 0.5) is 5.69 Å². The van der Waals surface area contributed by atoms with Crippen molar-refractivity contribution in [3.63, 3.8) is 0 Å². The third-order valence-electron chi connectivity index (χ3n) is 3.86. The smallest absolute Gasteiger partial charge is 0.311 e. The van der Waals surface area contributed by atoms with Crippen LogP contribution in [0.15, 0.2) is 36.4 Å². The topological polar surface area (TPSA) is 55.4 Å². The number of hydrogen-bond donors (Lipinski definition) is 1. The first kappa shape index (κ1) is 19.0. The van der Waals surface area contributed by atoms with E-state index in [2.05, 4.69) is 5.32 Å². The Morgan fingerprint density at radius 2 is 1.64 bits per heavy atom. The fourth-order valence-corrected chi connectivity index (χ4v) is 2.79. The van der Waals surface area contributed by atoms with Gasteiger partial charge in [-0.1, -0.05) is 41.4 Å². The lowest BCUT2D eigenvalue weighted by Gasteiger charge is -2.17. The summed E-state index contributed by atoms with van der Waals surface area (Å²) in [6.07, 6.45) is -0.780. The number of hydrogen-bond acceptors (Lipinski definition) is 3. The first-order chi connectivity index (χ1) is 11.8. The standard InChI is InChI=1S/C20H22ClNO3/c1-12-9-13(2)19(14(3)10-12)22-20(24)15(4)25-18(23)11-16-5-7-17(21)8-6-16/h5-10,15H,11H2,1-4H3,(H,22,24)/t15-/m0/s1. The van der Waals surface area contributed by atoms with Crippen LogP contribution in [0.2, 0.25) is 5.02 Å². The highest BCUT2D eigenvalue weighted by Crippen LogP contribution is 2.22. The molecule has 0 fully saturated rings. The van der Waals surface area contributed by atoms with Gasteiger partial charge in [0.25, 0.3) is 5.91 Å². The van der Waals surface area contributed by atoms with E-state index in [1.807, 2.05) is 32.9 Å². The third kappa shape index (κ3) is 5.33. The number of benzene rings is 2. The van der Waals surface area contributed by atoms with Crippen LogP contribution in [-0.2, 0) is 20.7 Å². The lowest BCUT2D eigenvalue weighted by molar-refractivity contribution is -0.152. The lowest BCUT2D eigenvalue weighted by Crippen LogP contribution is -2.31.